The van der Waals surface area contributed by atoms with Gasteiger partial charge in [-0.05, 0) is 40.2 Å². The van der Waals surface area contributed by atoms with Crippen molar-refractivity contribution in [3.05, 3.63) is 50.9 Å². The van der Waals surface area contributed by atoms with Crippen LogP contribution >= 0.6 is 27.3 Å². The number of carbonyl (C=O) groups excluding carboxylic acids is 3. The molecule has 7 nitrogen and oxygen atoms in total. The van der Waals surface area contributed by atoms with Crippen LogP contribution in [0, 0.1) is 0 Å². The highest BCUT2D eigenvalue weighted by atomic mass is 79.9. The molecule has 24 heavy (non-hydrogen) atoms. The van der Waals surface area contributed by atoms with Gasteiger partial charge in [-0.15, -0.1) is 11.3 Å². The maximum atomic E-state index is 11.8. The lowest BCUT2D eigenvalue weighted by atomic mass is 10.3. The summed E-state index contributed by atoms with van der Waals surface area (Å²) in [5, 5.41) is 7.81. The van der Waals surface area contributed by atoms with Gasteiger partial charge in [-0.25, -0.2) is 0 Å². The third-order valence-electron chi connectivity index (χ3n) is 2.86. The Hall–Kier alpha value is -2.26. The Morgan fingerprint density at radius 1 is 1.04 bits per heavy atom. The molecule has 9 heteroatoms. The molecule has 2 aromatic rings. The largest absolute Gasteiger partial charge is 0.353 e. The number of carbonyl (C=O) groups is 3. The van der Waals surface area contributed by atoms with Gasteiger partial charge in [0.1, 0.15) is 0 Å². The fraction of sp³-hybridized carbons (Fsp3) is 0.200. The van der Waals surface area contributed by atoms with Gasteiger partial charge in [-0.2, -0.15) is 0 Å². The van der Waals surface area contributed by atoms with Crippen LogP contribution in [0.2, 0.25) is 0 Å². The average molecular weight is 411 g/mol. The van der Waals surface area contributed by atoms with Crippen LogP contribution in [0.15, 0.2) is 40.4 Å². The van der Waals surface area contributed by atoms with Crippen LogP contribution in [0.25, 0.3) is 0 Å². The normalized spacial score (nSPS) is 10.0. The van der Waals surface area contributed by atoms with Crippen molar-refractivity contribution in [1.82, 2.24) is 20.9 Å². The highest BCUT2D eigenvalue weighted by molar-refractivity contribution is 9.11. The minimum atomic E-state index is -0.324. The molecule has 2 heterocycles. The first-order chi connectivity index (χ1) is 11.6. The maximum Gasteiger partial charge on any atom is 0.261 e. The third kappa shape index (κ3) is 5.74. The fourth-order valence-corrected chi connectivity index (χ4v) is 3.03. The first-order valence-corrected chi connectivity index (χ1v) is 8.65. The van der Waals surface area contributed by atoms with Crippen LogP contribution in [0.4, 0.5) is 0 Å². The molecule has 3 N–H and O–H groups in total. The summed E-state index contributed by atoms with van der Waals surface area (Å²) in [5.74, 6) is -0.880. The van der Waals surface area contributed by atoms with Crippen molar-refractivity contribution in [3.8, 4) is 0 Å². The lowest BCUT2D eigenvalue weighted by molar-refractivity contribution is -0.120. The molecule has 0 unspecified atom stereocenters. The Morgan fingerprint density at radius 3 is 2.50 bits per heavy atom. The summed E-state index contributed by atoms with van der Waals surface area (Å²) < 4.78 is 0.849. The number of halogens is 1. The zero-order valence-electron chi connectivity index (χ0n) is 12.5. The summed E-state index contributed by atoms with van der Waals surface area (Å²) in [7, 11) is 0. The molecule has 0 saturated heterocycles. The fourth-order valence-electron chi connectivity index (χ4n) is 1.72. The second-order valence-corrected chi connectivity index (χ2v) is 7.10. The van der Waals surface area contributed by atoms with Gasteiger partial charge in [0.2, 0.25) is 5.91 Å². The van der Waals surface area contributed by atoms with Crippen LogP contribution in [0.5, 0.6) is 0 Å². The van der Waals surface area contributed by atoms with Crippen LogP contribution in [-0.4, -0.2) is 42.3 Å². The minimum absolute atomic E-state index is 0.120. The molecule has 0 spiro atoms. The smallest absolute Gasteiger partial charge is 0.261 e. The lowest BCUT2D eigenvalue weighted by Gasteiger charge is -2.07. The van der Waals surface area contributed by atoms with Crippen molar-refractivity contribution >= 4 is 45.0 Å². The predicted octanol–water partition coefficient (Wildman–Crippen LogP) is 1.18. The van der Waals surface area contributed by atoms with Crippen molar-refractivity contribution < 1.29 is 14.4 Å². The number of aromatic nitrogens is 1. The summed E-state index contributed by atoms with van der Waals surface area (Å²) in [6, 6.07) is 6.77. The summed E-state index contributed by atoms with van der Waals surface area (Å²) in [5.41, 5.74) is 0.457. The van der Waals surface area contributed by atoms with Crippen LogP contribution in [-0.2, 0) is 4.79 Å². The van der Waals surface area contributed by atoms with E-state index >= 15 is 0 Å². The van der Waals surface area contributed by atoms with Gasteiger partial charge in [-0.1, -0.05) is 0 Å². The van der Waals surface area contributed by atoms with E-state index in [2.05, 4.69) is 36.9 Å². The topological polar surface area (TPSA) is 100 Å². The molecule has 0 fully saturated rings. The van der Waals surface area contributed by atoms with Crippen LogP contribution in [0.3, 0.4) is 0 Å². The van der Waals surface area contributed by atoms with E-state index in [1.54, 1.807) is 30.5 Å². The van der Waals surface area contributed by atoms with E-state index in [-0.39, 0.29) is 37.4 Å². The highest BCUT2D eigenvalue weighted by Crippen LogP contribution is 2.21. The first kappa shape index (κ1) is 18.1. The summed E-state index contributed by atoms with van der Waals surface area (Å²) in [6.07, 6.45) is 3.05. The molecule has 0 radical (unpaired) electrons. The summed E-state index contributed by atoms with van der Waals surface area (Å²) in [6.45, 7) is 0.432. The van der Waals surface area contributed by atoms with E-state index in [0.717, 1.165) is 3.79 Å². The molecule has 0 aliphatic heterocycles. The quantitative estimate of drug-likeness (QED) is 0.596. The summed E-state index contributed by atoms with van der Waals surface area (Å²) in [4.78, 5) is 39.5. The molecule has 0 aromatic carbocycles. The molecule has 0 atom stereocenters. The SMILES string of the molecule is O=C(CNC(=O)c1ccc(Br)s1)NCCNC(=O)c1cccnc1. The van der Waals surface area contributed by atoms with Crippen LogP contribution < -0.4 is 16.0 Å². The van der Waals surface area contributed by atoms with E-state index in [1.807, 2.05) is 0 Å². The molecular formula is C15H15BrN4O3S. The molecular weight excluding hydrogens is 396 g/mol. The number of nitrogens with one attached hydrogen (secondary N) is 3. The van der Waals surface area contributed by atoms with Gasteiger partial charge in [0, 0.05) is 25.5 Å². The van der Waals surface area contributed by atoms with Gasteiger partial charge in [0.25, 0.3) is 11.8 Å². The van der Waals surface area contributed by atoms with E-state index in [1.165, 1.54) is 17.5 Å². The van der Waals surface area contributed by atoms with Crippen molar-refractivity contribution in [2.45, 2.75) is 0 Å². The van der Waals surface area contributed by atoms with Crippen LogP contribution in [0.1, 0.15) is 20.0 Å². The molecule has 0 bridgehead atoms. The number of hydrogen-bond acceptors (Lipinski definition) is 5. The Labute approximate surface area is 151 Å². The predicted molar refractivity (Wildman–Crippen MR) is 93.9 cm³/mol. The van der Waals surface area contributed by atoms with Crippen molar-refractivity contribution in [2.24, 2.45) is 0 Å². The van der Waals surface area contributed by atoms with E-state index in [4.69, 9.17) is 0 Å². The van der Waals surface area contributed by atoms with Gasteiger partial charge in [-0.3, -0.25) is 19.4 Å². The standard InChI is InChI=1S/C15H15BrN4O3S/c16-12-4-3-11(24-12)15(23)20-9-13(21)18-6-7-19-14(22)10-2-1-5-17-8-10/h1-5,8H,6-7,9H2,(H,18,21)(H,19,22)(H,20,23). The van der Waals surface area contributed by atoms with Crippen molar-refractivity contribution in [3.63, 3.8) is 0 Å². The van der Waals surface area contributed by atoms with E-state index in [0.29, 0.717) is 10.4 Å². The highest BCUT2D eigenvalue weighted by Gasteiger charge is 2.10. The number of hydrogen-bond donors (Lipinski definition) is 3. The molecule has 2 rings (SSSR count). The van der Waals surface area contributed by atoms with Gasteiger partial charge in [0.15, 0.2) is 0 Å². The monoisotopic (exact) mass is 410 g/mol. The van der Waals surface area contributed by atoms with Crippen molar-refractivity contribution in [1.29, 1.82) is 0 Å². The molecule has 2 aromatic heterocycles. The molecule has 3 amide bonds. The Bertz CT molecular complexity index is 721. The second-order valence-electron chi connectivity index (χ2n) is 4.63. The van der Waals surface area contributed by atoms with Gasteiger partial charge < -0.3 is 16.0 Å². The Kier molecular flexibility index (Phi) is 6.89. The van der Waals surface area contributed by atoms with E-state index < -0.39 is 0 Å². The zero-order valence-corrected chi connectivity index (χ0v) is 14.9. The average Bonchev–Trinajstić information content (AvgIpc) is 3.03. The molecule has 0 saturated carbocycles. The summed E-state index contributed by atoms with van der Waals surface area (Å²) >= 11 is 4.56. The first-order valence-electron chi connectivity index (χ1n) is 7.04. The van der Waals surface area contributed by atoms with Crippen molar-refractivity contribution in [2.75, 3.05) is 19.6 Å². The molecule has 0 aliphatic rings. The number of thiophene rings is 1. The minimum Gasteiger partial charge on any atom is -0.353 e. The number of nitrogens with zero attached hydrogens (tertiary/aromatic N) is 1. The number of amides is 3. The maximum absolute atomic E-state index is 11.8. The lowest BCUT2D eigenvalue weighted by Crippen LogP contribution is -2.40. The zero-order chi connectivity index (χ0) is 17.4. The Balaban J connectivity index is 1.61. The van der Waals surface area contributed by atoms with Gasteiger partial charge >= 0.3 is 0 Å². The van der Waals surface area contributed by atoms with Gasteiger partial charge in [0.05, 0.1) is 20.8 Å². The van der Waals surface area contributed by atoms with E-state index in [9.17, 15) is 14.4 Å². The third-order valence-corrected chi connectivity index (χ3v) is 4.49. The number of rotatable bonds is 7. The molecule has 0 aliphatic carbocycles. The second kappa shape index (κ2) is 9.14. The Morgan fingerprint density at radius 2 is 1.83 bits per heavy atom. The molecule has 126 valence electrons. The number of pyridine rings is 1.